The van der Waals surface area contributed by atoms with Crippen molar-refractivity contribution in [2.45, 2.75) is 13.8 Å². The highest BCUT2D eigenvalue weighted by molar-refractivity contribution is 6.06. The molecule has 0 unspecified atom stereocenters. The average molecular weight is 1090 g/mol. The van der Waals surface area contributed by atoms with Gasteiger partial charge in [-0.3, -0.25) is 29.0 Å². The van der Waals surface area contributed by atoms with Gasteiger partial charge in [-0.25, -0.2) is 0 Å². The smallest absolute Gasteiger partial charge is 0.255 e. The third kappa shape index (κ3) is 13.3. The molecular weight excluding hydrogens is 1020 g/mol. The lowest BCUT2D eigenvalue weighted by atomic mass is 10.0. The number of fused-ring (bicyclic) bond motifs is 2. The summed E-state index contributed by atoms with van der Waals surface area (Å²) in [4.78, 5) is 61.8. The van der Waals surface area contributed by atoms with E-state index in [9.17, 15) is 19.2 Å². The van der Waals surface area contributed by atoms with Gasteiger partial charge in [0.15, 0.2) is 22.0 Å². The van der Waals surface area contributed by atoms with Crippen molar-refractivity contribution in [1.82, 2.24) is 20.4 Å². The number of hydrogen-bond donors (Lipinski definition) is 2. The Hall–Kier alpha value is -7.66. The largest absolute Gasteiger partial charge is 0.495 e. The molecule has 0 bridgehead atoms. The second kappa shape index (κ2) is 27.4. The fourth-order valence-corrected chi connectivity index (χ4v) is 9.76. The van der Waals surface area contributed by atoms with Crippen LogP contribution < -0.4 is 40.8 Å². The predicted octanol–water partition coefficient (Wildman–Crippen LogP) is 8.68. The first-order valence-electron chi connectivity index (χ1n) is 25.1. The summed E-state index contributed by atoms with van der Waals surface area (Å²) < 4.78 is 23.4. The molecule has 2 aromatic heterocycles. The topological polar surface area (TPSA) is 182 Å². The van der Waals surface area contributed by atoms with E-state index < -0.39 is 0 Å². The van der Waals surface area contributed by atoms with Crippen LogP contribution in [0.25, 0.3) is 44.6 Å². The molecule has 8 aromatic rings. The number of rotatable bonds is 14. The van der Waals surface area contributed by atoms with Crippen LogP contribution >= 0.6 is 24.8 Å². The maximum atomic E-state index is 13.1. The number of nitrogens with zero attached hydrogens (tertiary/aromatic N) is 4. The van der Waals surface area contributed by atoms with Crippen molar-refractivity contribution in [2.75, 3.05) is 103 Å². The van der Waals surface area contributed by atoms with E-state index in [0.29, 0.717) is 68.8 Å². The molecule has 4 heterocycles. The maximum Gasteiger partial charge on any atom is 0.255 e. The number of hydrogen-bond acceptors (Lipinski definition) is 12. The molecule has 4 N–H and O–H groups in total. The Morgan fingerprint density at radius 2 is 0.831 bits per heavy atom. The average Bonchev–Trinajstić information content (AvgIpc) is 3.47. The molecule has 6 aromatic carbocycles. The second-order valence-corrected chi connectivity index (χ2v) is 18.4. The van der Waals surface area contributed by atoms with Crippen molar-refractivity contribution in [1.29, 1.82) is 0 Å². The van der Waals surface area contributed by atoms with Crippen molar-refractivity contribution in [3.63, 3.8) is 0 Å². The molecule has 0 saturated carbocycles. The van der Waals surface area contributed by atoms with Crippen LogP contribution in [-0.2, 0) is 0 Å². The number of carbonyl (C=O) groups is 2. The van der Waals surface area contributed by atoms with Crippen LogP contribution in [-0.4, -0.2) is 120 Å². The highest BCUT2D eigenvalue weighted by Crippen LogP contribution is 2.31. The fourth-order valence-electron chi connectivity index (χ4n) is 9.76. The van der Waals surface area contributed by atoms with Crippen molar-refractivity contribution >= 4 is 69.9 Å². The van der Waals surface area contributed by atoms with Crippen molar-refractivity contribution in [3.8, 4) is 34.1 Å². The Morgan fingerprint density at radius 1 is 0.481 bits per heavy atom. The van der Waals surface area contributed by atoms with Crippen LogP contribution in [0.3, 0.4) is 0 Å². The van der Waals surface area contributed by atoms with Crippen LogP contribution in [0.5, 0.6) is 11.5 Å². The lowest BCUT2D eigenvalue weighted by Gasteiger charge is -2.36. The number of anilines is 2. The number of methoxy groups -OCH3 is 2. The normalized spacial score (nSPS) is 13.5. The van der Waals surface area contributed by atoms with Crippen molar-refractivity contribution in [2.24, 2.45) is 0 Å². The quantitative estimate of drug-likeness (QED) is 0.106. The number of ether oxygens (including phenoxy) is 2. The van der Waals surface area contributed by atoms with E-state index in [1.54, 1.807) is 64.5 Å². The molecule has 0 atom stereocenters. The van der Waals surface area contributed by atoms with E-state index in [4.69, 9.17) is 18.3 Å². The molecule has 2 saturated heterocycles. The van der Waals surface area contributed by atoms with E-state index in [0.717, 1.165) is 99.4 Å². The van der Waals surface area contributed by atoms with Crippen LogP contribution in [0.1, 0.15) is 31.8 Å². The number of piperazine rings is 2. The van der Waals surface area contributed by atoms with Crippen LogP contribution in [0.15, 0.2) is 164 Å². The van der Waals surface area contributed by atoms with Gasteiger partial charge in [-0.1, -0.05) is 97.1 Å². The Morgan fingerprint density at radius 3 is 1.19 bits per heavy atom. The summed E-state index contributed by atoms with van der Waals surface area (Å²) in [6.45, 7) is 13.2. The minimum absolute atomic E-state index is 0. The van der Waals surface area contributed by atoms with Gasteiger partial charge in [-0.15, -0.1) is 24.8 Å². The zero-order valence-corrected chi connectivity index (χ0v) is 45.3. The van der Waals surface area contributed by atoms with Gasteiger partial charge in [-0.05, 0) is 62.4 Å². The summed E-state index contributed by atoms with van der Waals surface area (Å²) in [7, 11) is 3.39. The molecule has 404 valence electrons. The van der Waals surface area contributed by atoms with E-state index in [1.807, 2.05) is 97.1 Å². The lowest BCUT2D eigenvalue weighted by molar-refractivity contribution is 0.0940. The zero-order chi connectivity index (χ0) is 51.6. The number of para-hydroxylation sites is 6. The summed E-state index contributed by atoms with van der Waals surface area (Å²) in [5.74, 6) is 2.26. The molecule has 17 heteroatoms. The van der Waals surface area contributed by atoms with Crippen LogP contribution in [0.2, 0.25) is 0 Å². The third-order valence-corrected chi connectivity index (χ3v) is 13.9. The van der Waals surface area contributed by atoms with Crippen LogP contribution in [0, 0.1) is 13.8 Å². The van der Waals surface area contributed by atoms with Gasteiger partial charge >= 0.3 is 0 Å². The molecule has 77 heavy (non-hydrogen) atoms. The molecular formula is C60H66Cl2N6O9. The molecule has 10 rings (SSSR count). The summed E-state index contributed by atoms with van der Waals surface area (Å²) in [6, 6.07) is 45.4. The molecule has 0 aliphatic carbocycles. The highest BCUT2D eigenvalue weighted by atomic mass is 35.5. The first kappa shape index (κ1) is 58.6. The van der Waals surface area contributed by atoms with Gasteiger partial charge in [0.25, 0.3) is 11.8 Å². The molecule has 0 spiro atoms. The number of amides is 2. The van der Waals surface area contributed by atoms with Crippen LogP contribution in [0.4, 0.5) is 11.4 Å². The van der Waals surface area contributed by atoms with E-state index >= 15 is 0 Å². The summed E-state index contributed by atoms with van der Waals surface area (Å²) in [6.07, 6.45) is 0. The van der Waals surface area contributed by atoms with Crippen molar-refractivity contribution in [3.05, 3.63) is 188 Å². The number of nitrogens with one attached hydrogen (secondary N) is 2. The summed E-state index contributed by atoms with van der Waals surface area (Å²) in [5, 5.41) is 6.86. The lowest BCUT2D eigenvalue weighted by Crippen LogP contribution is -2.48. The molecule has 2 amide bonds. The first-order chi connectivity index (χ1) is 36.1. The Labute approximate surface area is 460 Å². The zero-order valence-electron chi connectivity index (χ0n) is 43.7. The third-order valence-electron chi connectivity index (χ3n) is 13.9. The molecule has 2 aliphatic rings. The van der Waals surface area contributed by atoms with Gasteiger partial charge < -0.3 is 44.2 Å². The summed E-state index contributed by atoms with van der Waals surface area (Å²) >= 11 is 0. The number of halogens is 2. The SMILES string of the molecule is COc1ccccc1N1CCN(CCNC(=O)c2cccc3c(=O)c(C)c(-c4ccccc4)oc23)CC1.COc1ccccc1N1CCN(CCNC(=O)c2cccc3c(=O)c(C)c(-c4ccccc4)oc23)CC1.Cl.Cl.O. The number of benzene rings is 6. The Bertz CT molecular complexity index is 3160. The molecule has 0 radical (unpaired) electrons. The van der Waals surface area contributed by atoms with Gasteiger partial charge in [0.2, 0.25) is 0 Å². The van der Waals surface area contributed by atoms with Gasteiger partial charge in [-0.2, -0.15) is 0 Å². The minimum atomic E-state index is -0.246. The van der Waals surface area contributed by atoms with Crippen molar-refractivity contribution < 1.29 is 33.4 Å². The predicted molar refractivity (Wildman–Crippen MR) is 311 cm³/mol. The van der Waals surface area contributed by atoms with Gasteiger partial charge in [0.1, 0.15) is 23.0 Å². The minimum Gasteiger partial charge on any atom is -0.495 e. The molecule has 2 fully saturated rings. The second-order valence-electron chi connectivity index (χ2n) is 18.4. The molecule has 15 nitrogen and oxygen atoms in total. The highest BCUT2D eigenvalue weighted by Gasteiger charge is 2.24. The maximum absolute atomic E-state index is 13.1. The standard InChI is InChI=1S/2C30H31N3O4.2ClH.H2O/c2*1-21-27(34)23-11-8-12-24(29(23)37-28(21)22-9-4-3-5-10-22)30(35)31-15-16-32-17-19-33(20-18-32)25-13-6-7-14-26(25)36-2;;;/h2*3-14H,15-20H2,1-2H3,(H,31,35);2*1H;1H2. The summed E-state index contributed by atoms with van der Waals surface area (Å²) in [5.41, 5.74) is 6.03. The van der Waals surface area contributed by atoms with E-state index in [1.165, 1.54) is 0 Å². The first-order valence-corrected chi connectivity index (χ1v) is 25.1. The fraction of sp³-hybridized carbons (Fsp3) is 0.267. The number of carbonyl (C=O) groups excluding carboxylic acids is 2. The Balaban J connectivity index is 0.000000240. The molecule has 2 aliphatic heterocycles. The van der Waals surface area contributed by atoms with E-state index in [-0.39, 0.29) is 53.0 Å². The van der Waals surface area contributed by atoms with Gasteiger partial charge in [0, 0.05) is 101 Å². The monoisotopic (exact) mass is 1080 g/mol. The Kier molecular flexibility index (Phi) is 20.9. The van der Waals surface area contributed by atoms with E-state index in [2.05, 4.69) is 42.4 Å². The van der Waals surface area contributed by atoms with Gasteiger partial charge in [0.05, 0.1) is 47.5 Å².